The molecule has 0 saturated heterocycles. The molecular weight excluding hydrogens is 444 g/mol. The van der Waals surface area contributed by atoms with Crippen LogP contribution in [0.1, 0.15) is 52.7 Å². The lowest BCUT2D eigenvalue weighted by molar-refractivity contribution is -0.0500. The largest absolute Gasteiger partial charge is 0.534 e. The maximum atomic E-state index is 12.6. The molecule has 1 aromatic rings. The van der Waals surface area contributed by atoms with Crippen molar-refractivity contribution in [3.63, 3.8) is 0 Å². The zero-order valence-electron chi connectivity index (χ0n) is 13.9. The number of hydrogen-bond donors (Lipinski definition) is 0. The average molecular weight is 466 g/mol. The first kappa shape index (κ1) is 22.5. The smallest absolute Gasteiger partial charge is 0.376 e. The van der Waals surface area contributed by atoms with E-state index in [1.165, 1.54) is 12.1 Å². The van der Waals surface area contributed by atoms with Crippen LogP contribution in [0.15, 0.2) is 18.2 Å². The molecular formula is C15H22F3IO3S. The summed E-state index contributed by atoms with van der Waals surface area (Å²) >= 11 is 0. The Hall–Kier alpha value is -0.510. The van der Waals surface area contributed by atoms with Gasteiger partial charge in [-0.25, -0.2) is 0 Å². The molecule has 3 nitrogen and oxygen atoms in total. The van der Waals surface area contributed by atoms with Gasteiger partial charge in [-0.3, -0.25) is 0 Å². The number of halogens is 4. The predicted molar refractivity (Wildman–Crippen MR) is 94.9 cm³/mol. The van der Waals surface area contributed by atoms with Gasteiger partial charge in [-0.05, 0) is 22.5 Å². The Bertz CT molecular complexity index is 654. The fraction of sp³-hybridized carbons (Fsp3) is 0.600. The number of alkyl halides is 3. The summed E-state index contributed by atoms with van der Waals surface area (Å²) in [5.74, 6) is -0.280. The molecule has 1 rings (SSSR count). The van der Waals surface area contributed by atoms with Crippen molar-refractivity contribution in [1.29, 1.82) is 0 Å². The molecule has 0 saturated carbocycles. The van der Waals surface area contributed by atoms with Crippen LogP contribution >= 0.6 is 24.0 Å². The molecule has 0 heterocycles. The van der Waals surface area contributed by atoms with E-state index in [-0.39, 0.29) is 35.1 Å². The van der Waals surface area contributed by atoms with Crippen LogP contribution in [0.5, 0.6) is 5.75 Å². The number of rotatable bonds is 2. The highest BCUT2D eigenvalue weighted by atomic mass is 127. The summed E-state index contributed by atoms with van der Waals surface area (Å²) in [6, 6.07) is 4.52. The van der Waals surface area contributed by atoms with Crippen LogP contribution in [-0.2, 0) is 20.9 Å². The summed E-state index contributed by atoms with van der Waals surface area (Å²) in [5.41, 5.74) is -5.21. The molecule has 0 fully saturated rings. The molecule has 0 radical (unpaired) electrons. The Labute approximate surface area is 152 Å². The first-order valence-electron chi connectivity index (χ1n) is 6.72. The van der Waals surface area contributed by atoms with E-state index in [1.54, 1.807) is 26.8 Å². The first-order valence-corrected chi connectivity index (χ1v) is 8.13. The van der Waals surface area contributed by atoms with Crippen molar-refractivity contribution in [1.82, 2.24) is 0 Å². The van der Waals surface area contributed by atoms with Gasteiger partial charge in [0.05, 0.1) is 0 Å². The lowest BCUT2D eigenvalue weighted by Crippen LogP contribution is -2.30. The number of hydrogen-bond acceptors (Lipinski definition) is 3. The Morgan fingerprint density at radius 3 is 1.74 bits per heavy atom. The molecule has 0 bridgehead atoms. The molecule has 0 amide bonds. The van der Waals surface area contributed by atoms with E-state index in [2.05, 4.69) is 4.18 Å². The quantitative estimate of drug-likeness (QED) is 0.345. The molecule has 23 heavy (non-hydrogen) atoms. The second-order valence-electron chi connectivity index (χ2n) is 7.16. The molecule has 1 aromatic carbocycles. The molecule has 0 aliphatic carbocycles. The van der Waals surface area contributed by atoms with Gasteiger partial charge in [0.25, 0.3) is 0 Å². The maximum absolute atomic E-state index is 12.6. The van der Waals surface area contributed by atoms with Crippen LogP contribution in [0.25, 0.3) is 0 Å². The van der Waals surface area contributed by atoms with Crippen molar-refractivity contribution < 1.29 is 25.8 Å². The second-order valence-corrected chi connectivity index (χ2v) is 8.70. The molecule has 0 N–H and O–H groups in total. The predicted octanol–water partition coefficient (Wildman–Crippen LogP) is 5.13. The summed E-state index contributed by atoms with van der Waals surface area (Å²) in [5, 5.41) is 0. The zero-order valence-corrected chi connectivity index (χ0v) is 17.1. The van der Waals surface area contributed by atoms with Crippen LogP contribution < -0.4 is 4.18 Å². The van der Waals surface area contributed by atoms with Gasteiger partial charge >= 0.3 is 15.6 Å². The Balaban J connectivity index is 0.00000484. The topological polar surface area (TPSA) is 43.4 Å². The molecule has 0 atom stereocenters. The number of benzene rings is 1. The zero-order chi connectivity index (χ0) is 17.6. The van der Waals surface area contributed by atoms with Crippen LogP contribution in [0, 0.1) is 0 Å². The Kier molecular flexibility index (Phi) is 6.63. The van der Waals surface area contributed by atoms with E-state index in [0.717, 1.165) is 5.56 Å². The minimum Gasteiger partial charge on any atom is -0.376 e. The van der Waals surface area contributed by atoms with Crippen molar-refractivity contribution in [3.05, 3.63) is 29.3 Å². The standard InChI is InChI=1S/C15H21F3O3S.HI/c1-13(2,3)10-8-7-9-11(12(10)14(4,5)6)21-22(19,20)15(16,17)18;/h7-9H,1-6H3;1H. The average Bonchev–Trinajstić information content (AvgIpc) is 2.23. The van der Waals surface area contributed by atoms with Crippen molar-refractivity contribution in [2.24, 2.45) is 0 Å². The third-order valence-electron chi connectivity index (χ3n) is 3.07. The van der Waals surface area contributed by atoms with Crippen molar-refractivity contribution in [2.45, 2.75) is 57.9 Å². The van der Waals surface area contributed by atoms with Gasteiger partial charge in [-0.15, -0.1) is 24.0 Å². The first-order chi connectivity index (χ1) is 9.57. The van der Waals surface area contributed by atoms with Gasteiger partial charge < -0.3 is 4.18 Å². The summed E-state index contributed by atoms with van der Waals surface area (Å²) in [7, 11) is -5.70. The normalized spacial score (nSPS) is 13.4. The fourth-order valence-electron chi connectivity index (χ4n) is 2.16. The van der Waals surface area contributed by atoms with Crippen LogP contribution in [0.2, 0.25) is 0 Å². The monoisotopic (exact) mass is 466 g/mol. The van der Waals surface area contributed by atoms with E-state index in [1.807, 2.05) is 20.8 Å². The second kappa shape index (κ2) is 6.78. The minimum absolute atomic E-state index is 0. The van der Waals surface area contributed by atoms with E-state index < -0.39 is 21.0 Å². The van der Waals surface area contributed by atoms with Crippen LogP contribution in [0.4, 0.5) is 13.2 Å². The van der Waals surface area contributed by atoms with E-state index in [4.69, 9.17) is 0 Å². The highest BCUT2D eigenvalue weighted by molar-refractivity contribution is 14.0. The molecule has 0 aromatic heterocycles. The van der Waals surface area contributed by atoms with Crippen molar-refractivity contribution >= 4 is 34.1 Å². The van der Waals surface area contributed by atoms with Crippen LogP contribution in [-0.4, -0.2) is 13.9 Å². The lowest BCUT2D eigenvalue weighted by Gasteiger charge is -2.31. The summed E-state index contributed by atoms with van der Waals surface area (Å²) < 4.78 is 64.7. The van der Waals surface area contributed by atoms with Gasteiger partial charge in [0, 0.05) is 5.56 Å². The summed E-state index contributed by atoms with van der Waals surface area (Å²) in [6.45, 7) is 11.1. The highest BCUT2D eigenvalue weighted by Crippen LogP contribution is 2.41. The van der Waals surface area contributed by atoms with Gasteiger partial charge in [0.15, 0.2) is 0 Å². The Morgan fingerprint density at radius 1 is 0.913 bits per heavy atom. The fourth-order valence-corrected chi connectivity index (χ4v) is 2.63. The van der Waals surface area contributed by atoms with Crippen LogP contribution in [0.3, 0.4) is 0 Å². The summed E-state index contributed by atoms with van der Waals surface area (Å²) in [4.78, 5) is 0. The lowest BCUT2D eigenvalue weighted by atomic mass is 9.75. The van der Waals surface area contributed by atoms with E-state index in [0.29, 0.717) is 5.56 Å². The molecule has 0 aliphatic heterocycles. The third-order valence-corrected chi connectivity index (χ3v) is 4.03. The molecule has 8 heteroatoms. The van der Waals surface area contributed by atoms with Crippen molar-refractivity contribution in [2.75, 3.05) is 0 Å². The maximum Gasteiger partial charge on any atom is 0.534 e. The van der Waals surface area contributed by atoms with E-state index in [9.17, 15) is 21.6 Å². The molecule has 0 aliphatic rings. The summed E-state index contributed by atoms with van der Waals surface area (Å²) in [6.07, 6.45) is 0. The molecule has 0 spiro atoms. The third kappa shape index (κ3) is 5.23. The SMILES string of the molecule is CC(C)(C)c1cccc(OS(=O)(=O)C(F)(F)F)c1C(C)(C)C.I. The van der Waals surface area contributed by atoms with Crippen molar-refractivity contribution in [3.8, 4) is 5.75 Å². The highest BCUT2D eigenvalue weighted by Gasteiger charge is 2.49. The van der Waals surface area contributed by atoms with Gasteiger partial charge in [0.2, 0.25) is 0 Å². The molecule has 134 valence electrons. The Morgan fingerprint density at radius 2 is 1.39 bits per heavy atom. The minimum atomic E-state index is -5.70. The van der Waals surface area contributed by atoms with E-state index >= 15 is 0 Å². The van der Waals surface area contributed by atoms with Gasteiger partial charge in [0.1, 0.15) is 5.75 Å². The van der Waals surface area contributed by atoms with Gasteiger partial charge in [-0.2, -0.15) is 21.6 Å². The van der Waals surface area contributed by atoms with Gasteiger partial charge in [-0.1, -0.05) is 53.7 Å². The molecule has 0 unspecified atom stereocenters.